The largest absolute Gasteiger partial charge is 0.474 e. The third kappa shape index (κ3) is 6.19. The number of anilines is 1. The molecule has 0 N–H and O–H groups in total. The lowest BCUT2D eigenvalue weighted by Gasteiger charge is -2.43. The molecule has 5 rings (SSSR count). The predicted octanol–water partition coefficient (Wildman–Crippen LogP) is 5.19. The minimum Gasteiger partial charge on any atom is -0.474 e. The van der Waals surface area contributed by atoms with Gasteiger partial charge in [-0.05, 0) is 62.1 Å². The minimum absolute atomic E-state index is 0.0198. The summed E-state index contributed by atoms with van der Waals surface area (Å²) in [6.07, 6.45) is 5.33. The standard InChI is InChI=1S/C31H31ClN6O2/c1-21(40-30-9-3-23(17-34)19-36-30)27-12-15-38(20-28(27)24-4-6-26(32)7-5-24)31(39)25-10-13-37(14-11-25)29-8-2-22(16-33)18-35-29/h2-9,18-19,21,25,27-28H,10-15,20H2,1H3/t21?,27-,28-/m1/s1. The van der Waals surface area contributed by atoms with Gasteiger partial charge in [0.15, 0.2) is 0 Å². The van der Waals surface area contributed by atoms with Crippen molar-refractivity contribution in [3.63, 3.8) is 0 Å². The second-order valence-corrected chi connectivity index (χ2v) is 10.9. The van der Waals surface area contributed by atoms with Crippen LogP contribution in [0.25, 0.3) is 0 Å². The van der Waals surface area contributed by atoms with Crippen LogP contribution in [-0.4, -0.2) is 53.1 Å². The van der Waals surface area contributed by atoms with E-state index in [0.717, 1.165) is 43.7 Å². The molecule has 2 aromatic heterocycles. The van der Waals surface area contributed by atoms with E-state index in [4.69, 9.17) is 26.9 Å². The smallest absolute Gasteiger partial charge is 0.225 e. The van der Waals surface area contributed by atoms with E-state index in [1.807, 2.05) is 35.2 Å². The number of pyridine rings is 2. The van der Waals surface area contributed by atoms with E-state index in [1.165, 1.54) is 6.20 Å². The zero-order chi connectivity index (χ0) is 28.1. The highest BCUT2D eigenvalue weighted by Crippen LogP contribution is 2.37. The second-order valence-electron chi connectivity index (χ2n) is 10.5. The summed E-state index contributed by atoms with van der Waals surface area (Å²) in [6, 6.07) is 19.2. The topological polar surface area (TPSA) is 106 Å². The predicted molar refractivity (Wildman–Crippen MR) is 152 cm³/mol. The van der Waals surface area contributed by atoms with Crippen LogP contribution in [0.15, 0.2) is 60.9 Å². The van der Waals surface area contributed by atoms with Crippen molar-refractivity contribution in [3.8, 4) is 18.0 Å². The number of aromatic nitrogens is 2. The highest BCUT2D eigenvalue weighted by molar-refractivity contribution is 6.30. The molecule has 9 heteroatoms. The number of likely N-dealkylation sites (tertiary alicyclic amines) is 1. The van der Waals surface area contributed by atoms with Gasteiger partial charge in [-0.25, -0.2) is 9.97 Å². The fourth-order valence-electron chi connectivity index (χ4n) is 5.84. The van der Waals surface area contributed by atoms with Gasteiger partial charge in [0, 0.05) is 67.4 Å². The molecular weight excluding hydrogens is 524 g/mol. The molecule has 0 aliphatic carbocycles. The fourth-order valence-corrected chi connectivity index (χ4v) is 5.97. The van der Waals surface area contributed by atoms with Crippen LogP contribution in [0.4, 0.5) is 5.82 Å². The molecule has 204 valence electrons. The summed E-state index contributed by atoms with van der Waals surface area (Å²) in [5, 5.41) is 18.8. The van der Waals surface area contributed by atoms with Gasteiger partial charge in [0.25, 0.3) is 0 Å². The second kappa shape index (κ2) is 12.4. The van der Waals surface area contributed by atoms with Crippen molar-refractivity contribution in [1.29, 1.82) is 10.5 Å². The minimum atomic E-state index is -0.137. The molecule has 1 amide bonds. The molecule has 4 heterocycles. The summed E-state index contributed by atoms with van der Waals surface area (Å²) in [7, 11) is 0. The van der Waals surface area contributed by atoms with Crippen molar-refractivity contribution in [2.45, 2.75) is 38.2 Å². The number of carbonyl (C=O) groups excluding carboxylic acids is 1. The lowest BCUT2D eigenvalue weighted by Crippen LogP contribution is -2.49. The molecule has 0 bridgehead atoms. The van der Waals surface area contributed by atoms with Gasteiger partial charge in [-0.3, -0.25) is 4.79 Å². The van der Waals surface area contributed by atoms with E-state index in [-0.39, 0.29) is 29.8 Å². The van der Waals surface area contributed by atoms with Gasteiger partial charge >= 0.3 is 0 Å². The molecule has 2 saturated heterocycles. The number of nitrogens with zero attached hydrogens (tertiary/aromatic N) is 6. The van der Waals surface area contributed by atoms with Crippen LogP contribution in [0.2, 0.25) is 5.02 Å². The Labute approximate surface area is 239 Å². The van der Waals surface area contributed by atoms with Crippen molar-refractivity contribution in [2.75, 3.05) is 31.1 Å². The number of amides is 1. The first kappa shape index (κ1) is 27.4. The summed E-state index contributed by atoms with van der Waals surface area (Å²) in [5.74, 6) is 1.79. The molecule has 0 saturated carbocycles. The number of hydrogen-bond donors (Lipinski definition) is 0. The van der Waals surface area contributed by atoms with Crippen LogP contribution < -0.4 is 9.64 Å². The maximum Gasteiger partial charge on any atom is 0.225 e. The van der Waals surface area contributed by atoms with Gasteiger partial charge in [-0.15, -0.1) is 0 Å². The van der Waals surface area contributed by atoms with Crippen LogP contribution in [0, 0.1) is 34.5 Å². The summed E-state index contributed by atoms with van der Waals surface area (Å²) in [4.78, 5) is 26.6. The molecule has 1 unspecified atom stereocenters. The van der Waals surface area contributed by atoms with Crippen molar-refractivity contribution in [1.82, 2.24) is 14.9 Å². The number of carbonyl (C=O) groups is 1. The monoisotopic (exact) mass is 554 g/mol. The van der Waals surface area contributed by atoms with E-state index in [1.54, 1.807) is 24.4 Å². The van der Waals surface area contributed by atoms with Gasteiger partial charge in [0.1, 0.15) is 24.1 Å². The Morgan fingerprint density at radius 3 is 2.23 bits per heavy atom. The molecule has 0 radical (unpaired) electrons. The van der Waals surface area contributed by atoms with Crippen LogP contribution in [0.5, 0.6) is 5.88 Å². The molecule has 40 heavy (non-hydrogen) atoms. The third-order valence-corrected chi connectivity index (χ3v) is 8.35. The zero-order valence-electron chi connectivity index (χ0n) is 22.4. The molecule has 1 aromatic carbocycles. The quantitative estimate of drug-likeness (QED) is 0.413. The van der Waals surface area contributed by atoms with Crippen molar-refractivity contribution < 1.29 is 9.53 Å². The lowest BCUT2D eigenvalue weighted by molar-refractivity contribution is -0.138. The summed E-state index contributed by atoms with van der Waals surface area (Å²) in [6.45, 7) is 4.87. The SMILES string of the molecule is CC(Oc1ccc(C#N)cn1)[C@H]1CCN(C(=O)C2CCN(c3ccc(C#N)cn3)CC2)C[C@@H]1c1ccc(Cl)cc1. The molecule has 0 spiro atoms. The molecular formula is C31H31ClN6O2. The van der Waals surface area contributed by atoms with E-state index in [9.17, 15) is 4.79 Å². The molecule has 2 aliphatic heterocycles. The maximum absolute atomic E-state index is 13.7. The summed E-state index contributed by atoms with van der Waals surface area (Å²) < 4.78 is 6.23. The van der Waals surface area contributed by atoms with Crippen molar-refractivity contribution in [3.05, 3.63) is 82.6 Å². The normalized spacial score (nSPS) is 20.3. The number of benzene rings is 1. The van der Waals surface area contributed by atoms with Crippen molar-refractivity contribution >= 4 is 23.3 Å². The van der Waals surface area contributed by atoms with Gasteiger partial charge < -0.3 is 14.5 Å². The van der Waals surface area contributed by atoms with Gasteiger partial charge in [-0.2, -0.15) is 10.5 Å². The Hall–Kier alpha value is -4.14. The maximum atomic E-state index is 13.7. The highest BCUT2D eigenvalue weighted by Gasteiger charge is 2.39. The molecule has 2 fully saturated rings. The number of rotatable bonds is 6. The van der Waals surface area contributed by atoms with Gasteiger partial charge in [0.05, 0.1) is 11.1 Å². The lowest BCUT2D eigenvalue weighted by atomic mass is 9.77. The molecule has 3 atom stereocenters. The molecule has 3 aromatic rings. The van der Waals surface area contributed by atoms with E-state index < -0.39 is 0 Å². The van der Waals surface area contributed by atoms with E-state index >= 15 is 0 Å². The first-order chi connectivity index (χ1) is 19.4. The van der Waals surface area contributed by atoms with Crippen LogP contribution in [-0.2, 0) is 4.79 Å². The Kier molecular flexibility index (Phi) is 8.48. The number of nitriles is 2. The molecule has 2 aliphatic rings. The Morgan fingerprint density at radius 2 is 1.62 bits per heavy atom. The fraction of sp³-hybridized carbons (Fsp3) is 0.387. The number of halogens is 1. The Morgan fingerprint density at radius 1 is 0.950 bits per heavy atom. The Bertz CT molecular complexity index is 1390. The highest BCUT2D eigenvalue weighted by atomic mass is 35.5. The average Bonchev–Trinajstić information content (AvgIpc) is 3.01. The zero-order valence-corrected chi connectivity index (χ0v) is 23.2. The van der Waals surface area contributed by atoms with Crippen LogP contribution >= 0.6 is 11.6 Å². The third-order valence-electron chi connectivity index (χ3n) is 8.10. The number of piperidine rings is 2. The first-order valence-electron chi connectivity index (χ1n) is 13.6. The van der Waals surface area contributed by atoms with Crippen LogP contribution in [0.3, 0.4) is 0 Å². The first-order valence-corrected chi connectivity index (χ1v) is 14.0. The van der Waals surface area contributed by atoms with E-state index in [0.29, 0.717) is 35.1 Å². The molecule has 8 nitrogen and oxygen atoms in total. The van der Waals surface area contributed by atoms with Gasteiger partial charge in [0.2, 0.25) is 11.8 Å². The van der Waals surface area contributed by atoms with E-state index in [2.05, 4.69) is 33.9 Å². The summed E-state index contributed by atoms with van der Waals surface area (Å²) >= 11 is 6.19. The average molecular weight is 555 g/mol. The Balaban J connectivity index is 1.25. The van der Waals surface area contributed by atoms with Crippen molar-refractivity contribution in [2.24, 2.45) is 11.8 Å². The summed E-state index contributed by atoms with van der Waals surface area (Å²) in [5.41, 5.74) is 2.17. The number of ether oxygens (including phenoxy) is 1. The number of hydrogen-bond acceptors (Lipinski definition) is 7. The van der Waals surface area contributed by atoms with Gasteiger partial charge in [-0.1, -0.05) is 23.7 Å². The van der Waals surface area contributed by atoms with Crippen LogP contribution in [0.1, 0.15) is 48.8 Å².